The summed E-state index contributed by atoms with van der Waals surface area (Å²) in [6.07, 6.45) is 2.53. The molecule has 1 aromatic carbocycles. The average molecular weight is 284 g/mol. The fourth-order valence-corrected chi connectivity index (χ4v) is 2.27. The number of carbonyl (C=O) groups excluding carboxylic acids is 1. The van der Waals surface area contributed by atoms with E-state index in [-0.39, 0.29) is 10.8 Å². The number of amides is 1. The van der Waals surface area contributed by atoms with Gasteiger partial charge in [-0.1, -0.05) is 26.3 Å². The van der Waals surface area contributed by atoms with Crippen LogP contribution in [-0.2, 0) is 16.4 Å². The molecular weight excluding hydrogens is 264 g/mol. The van der Waals surface area contributed by atoms with Crippen molar-refractivity contribution >= 4 is 15.9 Å². The van der Waals surface area contributed by atoms with E-state index < -0.39 is 10.0 Å². The molecule has 0 spiro atoms. The maximum Gasteiger partial charge on any atom is 0.251 e. The van der Waals surface area contributed by atoms with Crippen LogP contribution in [0, 0.1) is 0 Å². The Morgan fingerprint density at radius 2 is 2.00 bits per heavy atom. The summed E-state index contributed by atoms with van der Waals surface area (Å²) in [6, 6.07) is 4.40. The summed E-state index contributed by atoms with van der Waals surface area (Å²) in [7, 11) is -3.79. The standard InChI is InChI=1S/C13H20N2O3S/c1-3-5-8-15-13(16)12-9-11(19(14,17)18)7-6-10(12)4-2/h6-7,9H,3-5,8H2,1-2H3,(H,15,16)(H2,14,17,18). The Morgan fingerprint density at radius 3 is 2.53 bits per heavy atom. The monoisotopic (exact) mass is 284 g/mol. The highest BCUT2D eigenvalue weighted by Crippen LogP contribution is 2.16. The van der Waals surface area contributed by atoms with Gasteiger partial charge in [0.2, 0.25) is 10.0 Å². The summed E-state index contributed by atoms with van der Waals surface area (Å²) < 4.78 is 22.6. The molecule has 1 aromatic rings. The zero-order valence-electron chi connectivity index (χ0n) is 11.3. The van der Waals surface area contributed by atoms with Crippen molar-refractivity contribution in [3.05, 3.63) is 29.3 Å². The minimum absolute atomic E-state index is 0.0367. The number of benzene rings is 1. The molecule has 0 aliphatic heterocycles. The zero-order valence-corrected chi connectivity index (χ0v) is 12.1. The van der Waals surface area contributed by atoms with Crippen molar-refractivity contribution in [1.82, 2.24) is 5.32 Å². The number of hydrogen-bond acceptors (Lipinski definition) is 3. The Kier molecular flexibility index (Phi) is 5.50. The van der Waals surface area contributed by atoms with E-state index in [1.54, 1.807) is 6.07 Å². The van der Waals surface area contributed by atoms with E-state index in [1.165, 1.54) is 12.1 Å². The highest BCUT2D eigenvalue weighted by atomic mass is 32.2. The fraction of sp³-hybridized carbons (Fsp3) is 0.462. The lowest BCUT2D eigenvalue weighted by molar-refractivity contribution is 0.0952. The average Bonchev–Trinajstić information content (AvgIpc) is 2.37. The number of nitrogens with two attached hydrogens (primary N) is 1. The lowest BCUT2D eigenvalue weighted by Gasteiger charge is -2.10. The molecule has 0 saturated carbocycles. The third-order valence-electron chi connectivity index (χ3n) is 2.85. The Balaban J connectivity index is 3.06. The highest BCUT2D eigenvalue weighted by Gasteiger charge is 2.15. The molecule has 0 atom stereocenters. The Hall–Kier alpha value is -1.40. The molecule has 3 N–H and O–H groups in total. The van der Waals surface area contributed by atoms with Gasteiger partial charge in [0.25, 0.3) is 5.91 Å². The lowest BCUT2D eigenvalue weighted by Crippen LogP contribution is -2.26. The van der Waals surface area contributed by atoms with Crippen molar-refractivity contribution in [2.24, 2.45) is 5.14 Å². The van der Waals surface area contributed by atoms with Crippen LogP contribution in [0.1, 0.15) is 42.6 Å². The van der Waals surface area contributed by atoms with Crippen LogP contribution < -0.4 is 10.5 Å². The molecule has 0 heterocycles. The number of aryl methyl sites for hydroxylation is 1. The summed E-state index contributed by atoms with van der Waals surface area (Å²) in [4.78, 5) is 12.0. The minimum Gasteiger partial charge on any atom is -0.352 e. The molecule has 6 heteroatoms. The van der Waals surface area contributed by atoms with Crippen molar-refractivity contribution in [1.29, 1.82) is 0 Å². The largest absolute Gasteiger partial charge is 0.352 e. The molecule has 0 saturated heterocycles. The molecule has 5 nitrogen and oxygen atoms in total. The van der Waals surface area contributed by atoms with Gasteiger partial charge in [-0.05, 0) is 30.5 Å². The number of rotatable bonds is 6. The Morgan fingerprint density at radius 1 is 1.32 bits per heavy atom. The number of carbonyl (C=O) groups is 1. The van der Waals surface area contributed by atoms with Crippen molar-refractivity contribution in [3.63, 3.8) is 0 Å². The van der Waals surface area contributed by atoms with Gasteiger partial charge in [0, 0.05) is 12.1 Å². The van der Waals surface area contributed by atoms with Gasteiger partial charge < -0.3 is 5.32 Å². The van der Waals surface area contributed by atoms with Crippen LogP contribution in [0.15, 0.2) is 23.1 Å². The third kappa shape index (κ3) is 4.33. The van der Waals surface area contributed by atoms with E-state index in [0.29, 0.717) is 18.5 Å². The predicted molar refractivity (Wildman–Crippen MR) is 74.4 cm³/mol. The lowest BCUT2D eigenvalue weighted by atomic mass is 10.0. The van der Waals surface area contributed by atoms with Gasteiger partial charge in [0.05, 0.1) is 4.90 Å². The van der Waals surface area contributed by atoms with Crippen LogP contribution in [0.3, 0.4) is 0 Å². The number of primary sulfonamides is 1. The van der Waals surface area contributed by atoms with Gasteiger partial charge in [-0.25, -0.2) is 13.6 Å². The minimum atomic E-state index is -3.79. The van der Waals surface area contributed by atoms with E-state index in [9.17, 15) is 13.2 Å². The quantitative estimate of drug-likeness (QED) is 0.774. The molecule has 0 bridgehead atoms. The topological polar surface area (TPSA) is 89.3 Å². The third-order valence-corrected chi connectivity index (χ3v) is 3.76. The number of sulfonamides is 1. The van der Waals surface area contributed by atoms with Crippen LogP contribution in [0.2, 0.25) is 0 Å². The molecule has 0 radical (unpaired) electrons. The van der Waals surface area contributed by atoms with Crippen molar-refractivity contribution in [2.75, 3.05) is 6.54 Å². The summed E-state index contributed by atoms with van der Waals surface area (Å²) in [5.74, 6) is -0.254. The zero-order chi connectivity index (χ0) is 14.5. The van der Waals surface area contributed by atoms with Gasteiger partial charge >= 0.3 is 0 Å². The second-order valence-electron chi connectivity index (χ2n) is 4.33. The second-order valence-corrected chi connectivity index (χ2v) is 5.89. The number of hydrogen-bond donors (Lipinski definition) is 2. The fourth-order valence-electron chi connectivity index (χ4n) is 1.73. The first-order valence-electron chi connectivity index (χ1n) is 6.34. The molecule has 0 aliphatic carbocycles. The Labute approximate surface area is 114 Å². The second kappa shape index (κ2) is 6.68. The van der Waals surface area contributed by atoms with Gasteiger partial charge in [0.15, 0.2) is 0 Å². The first kappa shape index (κ1) is 15.7. The van der Waals surface area contributed by atoms with Gasteiger partial charge in [-0.3, -0.25) is 4.79 Å². The first-order valence-corrected chi connectivity index (χ1v) is 7.88. The van der Waals surface area contributed by atoms with Crippen LogP contribution in [-0.4, -0.2) is 20.9 Å². The molecular formula is C13H20N2O3S. The van der Waals surface area contributed by atoms with Gasteiger partial charge in [-0.15, -0.1) is 0 Å². The van der Waals surface area contributed by atoms with Crippen LogP contribution in [0.4, 0.5) is 0 Å². The molecule has 106 valence electrons. The smallest absolute Gasteiger partial charge is 0.251 e. The molecule has 0 aromatic heterocycles. The first-order chi connectivity index (χ1) is 8.90. The number of unbranched alkanes of at least 4 members (excludes halogenated alkanes) is 1. The van der Waals surface area contributed by atoms with E-state index in [0.717, 1.165) is 18.4 Å². The molecule has 1 amide bonds. The maximum atomic E-state index is 12.0. The maximum absolute atomic E-state index is 12.0. The molecule has 0 unspecified atom stereocenters. The van der Waals surface area contributed by atoms with E-state index in [2.05, 4.69) is 5.32 Å². The van der Waals surface area contributed by atoms with Gasteiger partial charge in [-0.2, -0.15) is 0 Å². The highest BCUT2D eigenvalue weighted by molar-refractivity contribution is 7.89. The van der Waals surface area contributed by atoms with Gasteiger partial charge in [0.1, 0.15) is 0 Å². The van der Waals surface area contributed by atoms with E-state index in [1.807, 2.05) is 13.8 Å². The number of nitrogens with one attached hydrogen (secondary N) is 1. The normalized spacial score (nSPS) is 11.3. The van der Waals surface area contributed by atoms with Crippen LogP contribution in [0.25, 0.3) is 0 Å². The molecule has 19 heavy (non-hydrogen) atoms. The summed E-state index contributed by atoms with van der Waals surface area (Å²) in [6.45, 7) is 4.53. The van der Waals surface area contributed by atoms with Crippen molar-refractivity contribution in [3.8, 4) is 0 Å². The van der Waals surface area contributed by atoms with Crippen LogP contribution >= 0.6 is 0 Å². The predicted octanol–water partition coefficient (Wildman–Crippen LogP) is 1.43. The van der Waals surface area contributed by atoms with Crippen LogP contribution in [0.5, 0.6) is 0 Å². The summed E-state index contributed by atoms with van der Waals surface area (Å²) >= 11 is 0. The van der Waals surface area contributed by atoms with Crippen molar-refractivity contribution in [2.45, 2.75) is 38.0 Å². The van der Waals surface area contributed by atoms with E-state index in [4.69, 9.17) is 5.14 Å². The molecule has 1 rings (SSSR count). The summed E-state index contributed by atoms with van der Waals surface area (Å²) in [5.41, 5.74) is 1.19. The SMILES string of the molecule is CCCCNC(=O)c1cc(S(N)(=O)=O)ccc1CC. The Bertz CT molecular complexity index is 553. The summed E-state index contributed by atoms with van der Waals surface area (Å²) in [5, 5.41) is 7.86. The molecule has 0 aliphatic rings. The van der Waals surface area contributed by atoms with E-state index >= 15 is 0 Å². The molecule has 0 fully saturated rings. The van der Waals surface area contributed by atoms with Crippen molar-refractivity contribution < 1.29 is 13.2 Å².